The molecule has 0 aliphatic rings. The number of hydrogen-bond donors (Lipinski definition) is 1. The fraction of sp³-hybridized carbons (Fsp3) is 0. The Morgan fingerprint density at radius 2 is 1.65 bits per heavy atom. The van der Waals surface area contributed by atoms with Crippen LogP contribution in [-0.2, 0) is 9.59 Å². The molecule has 0 heterocycles. The van der Waals surface area contributed by atoms with Crippen LogP contribution in [0.25, 0.3) is 0 Å². The van der Waals surface area contributed by atoms with Crippen LogP contribution in [0, 0.1) is 0 Å². The lowest BCUT2D eigenvalue weighted by molar-refractivity contribution is -0.297. The quantitative estimate of drug-likeness (QED) is 0.683. The van der Waals surface area contributed by atoms with E-state index in [-0.39, 0.29) is 20.8 Å². The molecular formula is C10H5Cl3NO3-. The monoisotopic (exact) mass is 292 g/mol. The van der Waals surface area contributed by atoms with E-state index in [1.165, 1.54) is 12.1 Å². The summed E-state index contributed by atoms with van der Waals surface area (Å²) in [5.41, 5.74) is 0.231. The van der Waals surface area contributed by atoms with Crippen molar-refractivity contribution < 1.29 is 14.7 Å². The molecule has 0 spiro atoms. The molecule has 4 nitrogen and oxygen atoms in total. The predicted octanol–water partition coefficient (Wildman–Crippen LogP) is 1.89. The number of carboxylic acids is 1. The number of rotatable bonds is 3. The van der Waals surface area contributed by atoms with Crippen molar-refractivity contribution in [1.29, 1.82) is 0 Å². The van der Waals surface area contributed by atoms with Crippen LogP contribution in [0.5, 0.6) is 0 Å². The fourth-order valence-corrected chi connectivity index (χ4v) is 1.53. The highest BCUT2D eigenvalue weighted by Gasteiger charge is 2.07. The molecular weight excluding hydrogens is 288 g/mol. The summed E-state index contributed by atoms with van der Waals surface area (Å²) in [6, 6.07) is 2.72. The SMILES string of the molecule is O=C([O-])/C=C/C(=O)Nc1cc(Cl)c(Cl)cc1Cl. The van der Waals surface area contributed by atoms with Gasteiger partial charge in [-0.1, -0.05) is 34.8 Å². The minimum absolute atomic E-state index is 0.189. The molecule has 0 aliphatic carbocycles. The van der Waals surface area contributed by atoms with E-state index < -0.39 is 11.9 Å². The third kappa shape index (κ3) is 4.26. The van der Waals surface area contributed by atoms with Crippen molar-refractivity contribution in [1.82, 2.24) is 0 Å². The summed E-state index contributed by atoms with van der Waals surface area (Å²) in [6.07, 6.45) is 1.40. The Balaban J connectivity index is 2.85. The van der Waals surface area contributed by atoms with Gasteiger partial charge in [-0.3, -0.25) is 4.79 Å². The molecule has 90 valence electrons. The third-order valence-corrected chi connectivity index (χ3v) is 2.67. The standard InChI is InChI=1S/C10H6Cl3NO3/c11-5-3-7(13)8(4-6(5)12)14-9(15)1-2-10(16)17/h1-4H,(H,14,15)(H,16,17)/p-1/b2-1+. The van der Waals surface area contributed by atoms with E-state index in [1.807, 2.05) is 0 Å². The first-order chi connectivity index (χ1) is 7.90. The van der Waals surface area contributed by atoms with E-state index in [2.05, 4.69) is 5.32 Å². The largest absolute Gasteiger partial charge is 0.545 e. The molecule has 1 amide bonds. The molecule has 0 saturated heterocycles. The van der Waals surface area contributed by atoms with Crippen LogP contribution < -0.4 is 10.4 Å². The summed E-state index contributed by atoms with van der Waals surface area (Å²) in [7, 11) is 0. The minimum atomic E-state index is -1.47. The summed E-state index contributed by atoms with van der Waals surface area (Å²) < 4.78 is 0. The van der Waals surface area contributed by atoms with Crippen molar-refractivity contribution >= 4 is 52.4 Å². The molecule has 0 aliphatic heterocycles. The molecule has 1 rings (SSSR count). The highest BCUT2D eigenvalue weighted by Crippen LogP contribution is 2.32. The summed E-state index contributed by atoms with van der Waals surface area (Å²) in [4.78, 5) is 21.3. The van der Waals surface area contributed by atoms with Gasteiger partial charge in [-0.25, -0.2) is 0 Å². The summed E-state index contributed by atoms with van der Waals surface area (Å²) in [6.45, 7) is 0. The molecule has 7 heteroatoms. The molecule has 0 unspecified atom stereocenters. The Morgan fingerprint density at radius 3 is 2.24 bits per heavy atom. The number of amides is 1. The van der Waals surface area contributed by atoms with Crippen LogP contribution in [0.2, 0.25) is 15.1 Å². The van der Waals surface area contributed by atoms with Gasteiger partial charge in [-0.15, -0.1) is 0 Å². The number of carboxylic acid groups (broad SMARTS) is 1. The lowest BCUT2D eigenvalue weighted by Crippen LogP contribution is -2.20. The van der Waals surface area contributed by atoms with Crippen molar-refractivity contribution in [2.45, 2.75) is 0 Å². The molecule has 17 heavy (non-hydrogen) atoms. The lowest BCUT2D eigenvalue weighted by atomic mass is 10.3. The molecule has 0 atom stereocenters. The van der Waals surface area contributed by atoms with E-state index in [9.17, 15) is 14.7 Å². The Labute approximate surface area is 112 Å². The fourth-order valence-electron chi connectivity index (χ4n) is 0.936. The first-order valence-corrected chi connectivity index (χ1v) is 5.38. The topological polar surface area (TPSA) is 69.2 Å². The van der Waals surface area contributed by atoms with Crippen molar-refractivity contribution in [3.63, 3.8) is 0 Å². The first-order valence-electron chi connectivity index (χ1n) is 4.24. The minimum Gasteiger partial charge on any atom is -0.545 e. The number of halogens is 3. The maximum atomic E-state index is 11.2. The zero-order valence-electron chi connectivity index (χ0n) is 8.17. The summed E-state index contributed by atoms with van der Waals surface area (Å²) in [5, 5.41) is 13.1. The van der Waals surface area contributed by atoms with Gasteiger partial charge in [0.15, 0.2) is 0 Å². The van der Waals surface area contributed by atoms with E-state index in [4.69, 9.17) is 34.8 Å². The van der Waals surface area contributed by atoms with Gasteiger partial charge in [0.05, 0.1) is 26.7 Å². The van der Waals surface area contributed by atoms with Gasteiger partial charge in [0.25, 0.3) is 0 Å². The van der Waals surface area contributed by atoms with Gasteiger partial charge in [0.2, 0.25) is 5.91 Å². The Bertz CT molecular complexity index is 500. The number of anilines is 1. The van der Waals surface area contributed by atoms with Gasteiger partial charge in [-0.2, -0.15) is 0 Å². The summed E-state index contributed by atoms with van der Waals surface area (Å²) in [5.74, 6) is -2.14. The number of benzene rings is 1. The average molecular weight is 294 g/mol. The van der Waals surface area contributed by atoms with Crippen LogP contribution in [0.1, 0.15) is 0 Å². The van der Waals surface area contributed by atoms with E-state index in [0.29, 0.717) is 6.08 Å². The molecule has 0 saturated carbocycles. The highest BCUT2D eigenvalue weighted by atomic mass is 35.5. The van der Waals surface area contributed by atoms with Crippen molar-refractivity contribution in [3.05, 3.63) is 39.4 Å². The smallest absolute Gasteiger partial charge is 0.248 e. The zero-order chi connectivity index (χ0) is 13.0. The number of carbonyl (C=O) groups excluding carboxylic acids is 2. The zero-order valence-corrected chi connectivity index (χ0v) is 10.4. The van der Waals surface area contributed by atoms with Crippen LogP contribution >= 0.6 is 34.8 Å². The number of aliphatic carboxylic acids is 1. The second kappa shape index (κ2) is 5.91. The molecule has 1 aromatic rings. The first kappa shape index (κ1) is 13.8. The Hall–Kier alpha value is -1.23. The lowest BCUT2D eigenvalue weighted by Gasteiger charge is -2.06. The highest BCUT2D eigenvalue weighted by molar-refractivity contribution is 6.44. The third-order valence-electron chi connectivity index (χ3n) is 1.64. The van der Waals surface area contributed by atoms with Gasteiger partial charge < -0.3 is 15.2 Å². The maximum absolute atomic E-state index is 11.2. The molecule has 0 radical (unpaired) electrons. The van der Waals surface area contributed by atoms with Crippen LogP contribution in [0.15, 0.2) is 24.3 Å². The van der Waals surface area contributed by atoms with Crippen molar-refractivity contribution in [2.24, 2.45) is 0 Å². The molecule has 0 fully saturated rings. The molecule has 0 bridgehead atoms. The van der Waals surface area contributed by atoms with E-state index in [1.54, 1.807) is 0 Å². The molecule has 1 aromatic carbocycles. The van der Waals surface area contributed by atoms with E-state index in [0.717, 1.165) is 6.08 Å². The van der Waals surface area contributed by atoms with Gasteiger partial charge in [0.1, 0.15) is 0 Å². The van der Waals surface area contributed by atoms with Crippen molar-refractivity contribution in [3.8, 4) is 0 Å². The Kier molecular flexibility index (Phi) is 4.81. The maximum Gasteiger partial charge on any atom is 0.248 e. The Morgan fingerprint density at radius 1 is 1.06 bits per heavy atom. The second-order valence-electron chi connectivity index (χ2n) is 2.89. The van der Waals surface area contributed by atoms with Gasteiger partial charge in [0, 0.05) is 6.08 Å². The van der Waals surface area contributed by atoms with Crippen LogP contribution in [0.4, 0.5) is 5.69 Å². The predicted molar refractivity (Wildman–Crippen MR) is 64.2 cm³/mol. The van der Waals surface area contributed by atoms with Crippen molar-refractivity contribution in [2.75, 3.05) is 5.32 Å². The van der Waals surface area contributed by atoms with E-state index >= 15 is 0 Å². The van der Waals surface area contributed by atoms with Gasteiger partial charge >= 0.3 is 0 Å². The van der Waals surface area contributed by atoms with Crippen LogP contribution in [-0.4, -0.2) is 11.9 Å². The normalized spacial score (nSPS) is 10.5. The molecule has 0 aromatic heterocycles. The van der Waals surface area contributed by atoms with Crippen LogP contribution in [0.3, 0.4) is 0 Å². The molecule has 1 N–H and O–H groups in total. The number of hydrogen-bond acceptors (Lipinski definition) is 3. The van der Waals surface area contributed by atoms with Gasteiger partial charge in [-0.05, 0) is 18.2 Å². The number of nitrogens with one attached hydrogen (secondary N) is 1. The summed E-state index contributed by atoms with van der Waals surface area (Å²) >= 11 is 17.2. The average Bonchev–Trinajstić information content (AvgIpc) is 2.23. The number of carbonyl (C=O) groups is 2. The second-order valence-corrected chi connectivity index (χ2v) is 4.11.